The van der Waals surface area contributed by atoms with Crippen LogP contribution in [0.1, 0.15) is 6.42 Å². The third-order valence-corrected chi connectivity index (χ3v) is 1.98. The highest BCUT2D eigenvalue weighted by atomic mass is 19.4. The highest BCUT2D eigenvalue weighted by Gasteiger charge is 2.61. The largest absolute Gasteiger partial charge is 0.442 e. The highest BCUT2D eigenvalue weighted by Crippen LogP contribution is 2.37. The molecule has 0 spiro atoms. The molecule has 148 valence electrons. The van der Waals surface area contributed by atoms with Crippen LogP contribution >= 0.6 is 0 Å². The molecule has 0 aliphatic heterocycles. The van der Waals surface area contributed by atoms with E-state index in [1.807, 2.05) is 0 Å². The molecule has 0 amide bonds. The fraction of sp³-hybridized carbons (Fsp3) is 0.778. The first-order valence-corrected chi connectivity index (χ1v) is 5.42. The molecule has 16 heteroatoms. The van der Waals surface area contributed by atoms with E-state index in [1.54, 1.807) is 0 Å². The van der Waals surface area contributed by atoms with E-state index >= 15 is 0 Å². The Labute approximate surface area is 128 Å². The smallest absolute Gasteiger partial charge is 0.434 e. The first-order valence-electron chi connectivity index (χ1n) is 5.42. The summed E-state index contributed by atoms with van der Waals surface area (Å²) in [7, 11) is 0. The molecular weight excluding hydrogens is 400 g/mol. The van der Waals surface area contributed by atoms with Gasteiger partial charge in [0.25, 0.3) is 12.2 Å². The summed E-state index contributed by atoms with van der Waals surface area (Å²) in [6.45, 7) is 0. The van der Waals surface area contributed by atoms with Crippen LogP contribution in [0.25, 0.3) is 0 Å². The second-order valence-electron chi connectivity index (χ2n) is 4.08. The number of rotatable bonds is 4. The maximum atomic E-state index is 12.0. The van der Waals surface area contributed by atoms with E-state index in [1.165, 1.54) is 0 Å². The van der Waals surface area contributed by atoms with Gasteiger partial charge in [0, 0.05) is 0 Å². The molecule has 0 radical (unpaired) electrons. The SMILES string of the molecule is O=C(CC(=O)OC(C(F)(F)F)C(F)(F)F)OC(C(F)(F)F)C(F)(F)F. The molecule has 4 nitrogen and oxygen atoms in total. The van der Waals surface area contributed by atoms with E-state index in [-0.39, 0.29) is 0 Å². The van der Waals surface area contributed by atoms with Crippen LogP contribution in [0.4, 0.5) is 52.7 Å². The van der Waals surface area contributed by atoms with Crippen LogP contribution in [0.15, 0.2) is 0 Å². The lowest BCUT2D eigenvalue weighted by Gasteiger charge is -2.24. The highest BCUT2D eigenvalue weighted by molar-refractivity contribution is 5.91. The minimum absolute atomic E-state index is 2.36. The standard InChI is InChI=1S/C9H4F12O4/c10-6(11,12)4(7(13,14)15)24-2(22)1-3(23)25-5(8(16,17)18)9(19,20)21/h4-5H,1H2. The van der Waals surface area contributed by atoms with Crippen molar-refractivity contribution in [1.82, 2.24) is 0 Å². The molecule has 0 aromatic rings. The summed E-state index contributed by atoms with van der Waals surface area (Å²) in [5.41, 5.74) is 0. The number of esters is 2. The van der Waals surface area contributed by atoms with Gasteiger partial charge < -0.3 is 9.47 Å². The van der Waals surface area contributed by atoms with Crippen molar-refractivity contribution in [3.63, 3.8) is 0 Å². The summed E-state index contributed by atoms with van der Waals surface area (Å²) >= 11 is 0. The Kier molecular flexibility index (Phi) is 6.61. The molecule has 0 N–H and O–H groups in total. The van der Waals surface area contributed by atoms with Crippen LogP contribution in [0.5, 0.6) is 0 Å². The second-order valence-corrected chi connectivity index (χ2v) is 4.08. The number of hydrogen-bond acceptors (Lipinski definition) is 4. The van der Waals surface area contributed by atoms with Gasteiger partial charge in [0.2, 0.25) is 0 Å². The van der Waals surface area contributed by atoms with E-state index in [9.17, 15) is 62.3 Å². The molecule has 0 bridgehead atoms. The summed E-state index contributed by atoms with van der Waals surface area (Å²) in [6, 6.07) is 0. The number of carbonyl (C=O) groups is 2. The molecule has 0 saturated heterocycles. The number of carbonyl (C=O) groups excluding carboxylic acids is 2. The van der Waals surface area contributed by atoms with Crippen molar-refractivity contribution in [3.8, 4) is 0 Å². The van der Waals surface area contributed by atoms with Gasteiger partial charge >= 0.3 is 36.6 Å². The van der Waals surface area contributed by atoms with E-state index in [0.29, 0.717) is 0 Å². The van der Waals surface area contributed by atoms with Crippen LogP contribution in [-0.4, -0.2) is 48.9 Å². The Morgan fingerprint density at radius 2 is 0.760 bits per heavy atom. The molecule has 0 rings (SSSR count). The van der Waals surface area contributed by atoms with Gasteiger partial charge in [0.15, 0.2) is 0 Å². The van der Waals surface area contributed by atoms with Gasteiger partial charge in [-0.3, -0.25) is 9.59 Å². The van der Waals surface area contributed by atoms with E-state index in [4.69, 9.17) is 0 Å². The van der Waals surface area contributed by atoms with Crippen molar-refractivity contribution >= 4 is 11.9 Å². The maximum absolute atomic E-state index is 12.0. The molecule has 25 heavy (non-hydrogen) atoms. The van der Waals surface area contributed by atoms with E-state index in [2.05, 4.69) is 9.47 Å². The van der Waals surface area contributed by atoms with Gasteiger partial charge in [-0.05, 0) is 0 Å². The lowest BCUT2D eigenvalue weighted by molar-refractivity contribution is -0.316. The zero-order chi connectivity index (χ0) is 20.4. The predicted octanol–water partition coefficient (Wildman–Crippen LogP) is 3.45. The van der Waals surface area contributed by atoms with Crippen molar-refractivity contribution in [2.45, 2.75) is 43.3 Å². The molecular formula is C9H4F12O4. The first kappa shape index (κ1) is 23.1. The minimum Gasteiger partial charge on any atom is -0.442 e. The quantitative estimate of drug-likeness (QED) is 0.409. The van der Waals surface area contributed by atoms with Gasteiger partial charge in [-0.1, -0.05) is 0 Å². The lowest BCUT2D eigenvalue weighted by atomic mass is 10.3. The normalized spacial score (nSPS) is 14.0. The fourth-order valence-corrected chi connectivity index (χ4v) is 1.10. The van der Waals surface area contributed by atoms with Crippen LogP contribution < -0.4 is 0 Å². The molecule has 0 heterocycles. The van der Waals surface area contributed by atoms with Crippen LogP contribution in [-0.2, 0) is 19.1 Å². The van der Waals surface area contributed by atoms with Gasteiger partial charge in [0.05, 0.1) is 0 Å². The van der Waals surface area contributed by atoms with Crippen LogP contribution in [0, 0.1) is 0 Å². The first-order chi connectivity index (χ1) is 10.8. The number of hydrogen-bond donors (Lipinski definition) is 0. The Morgan fingerprint density at radius 1 is 0.560 bits per heavy atom. The maximum Gasteiger partial charge on any atom is 0.434 e. The zero-order valence-corrected chi connectivity index (χ0v) is 11.0. The van der Waals surface area contributed by atoms with Crippen molar-refractivity contribution in [2.75, 3.05) is 0 Å². The summed E-state index contributed by atoms with van der Waals surface area (Å²) in [5.74, 6) is -5.40. The minimum atomic E-state index is -6.20. The summed E-state index contributed by atoms with van der Waals surface area (Å²) < 4.78 is 150. The molecule has 0 aromatic carbocycles. The Morgan fingerprint density at radius 3 is 0.920 bits per heavy atom. The second kappa shape index (κ2) is 7.15. The summed E-state index contributed by atoms with van der Waals surface area (Å²) in [5, 5.41) is 0. The zero-order valence-electron chi connectivity index (χ0n) is 11.0. The lowest BCUT2D eigenvalue weighted by Crippen LogP contribution is -2.47. The van der Waals surface area contributed by atoms with Gasteiger partial charge in [-0.15, -0.1) is 0 Å². The fourth-order valence-electron chi connectivity index (χ4n) is 1.10. The van der Waals surface area contributed by atoms with Crippen molar-refractivity contribution in [3.05, 3.63) is 0 Å². The molecule has 0 unspecified atom stereocenters. The molecule has 0 aromatic heterocycles. The Balaban J connectivity index is 5.04. The van der Waals surface area contributed by atoms with E-state index in [0.717, 1.165) is 0 Å². The van der Waals surface area contributed by atoms with Gasteiger partial charge in [-0.2, -0.15) is 52.7 Å². The number of halogens is 12. The average molecular weight is 404 g/mol. The average Bonchev–Trinajstić information content (AvgIpc) is 2.27. The van der Waals surface area contributed by atoms with Crippen LogP contribution in [0.3, 0.4) is 0 Å². The topological polar surface area (TPSA) is 52.6 Å². The van der Waals surface area contributed by atoms with Crippen molar-refractivity contribution in [1.29, 1.82) is 0 Å². The molecule has 0 aliphatic rings. The Bertz CT molecular complexity index is 413. The predicted molar refractivity (Wildman–Crippen MR) is 48.6 cm³/mol. The summed E-state index contributed by atoms with van der Waals surface area (Å²) in [4.78, 5) is 21.5. The molecule has 0 aliphatic carbocycles. The van der Waals surface area contributed by atoms with E-state index < -0.39 is 55.3 Å². The molecule has 0 fully saturated rings. The number of alkyl halides is 12. The van der Waals surface area contributed by atoms with Crippen LogP contribution in [0.2, 0.25) is 0 Å². The third-order valence-electron chi connectivity index (χ3n) is 1.98. The van der Waals surface area contributed by atoms with Gasteiger partial charge in [0.1, 0.15) is 6.42 Å². The van der Waals surface area contributed by atoms with Crippen molar-refractivity contribution in [2.24, 2.45) is 0 Å². The van der Waals surface area contributed by atoms with Gasteiger partial charge in [-0.25, -0.2) is 0 Å². The third kappa shape index (κ3) is 7.68. The Hall–Kier alpha value is -1.90. The summed E-state index contributed by atoms with van der Waals surface area (Å²) in [6.07, 6.45) is -36.6. The number of ether oxygens (including phenoxy) is 2. The molecule has 0 saturated carbocycles. The van der Waals surface area contributed by atoms with Crippen molar-refractivity contribution < 1.29 is 71.7 Å². The monoisotopic (exact) mass is 404 g/mol. The molecule has 0 atom stereocenters.